The van der Waals surface area contributed by atoms with E-state index in [0.29, 0.717) is 4.90 Å². The number of hydrogen-bond donors (Lipinski definition) is 1. The lowest BCUT2D eigenvalue weighted by Gasteiger charge is -2.13. The van der Waals surface area contributed by atoms with Gasteiger partial charge < -0.3 is 0 Å². The Bertz CT molecular complexity index is 598. The summed E-state index contributed by atoms with van der Waals surface area (Å²) in [5.41, 5.74) is 2.01. The van der Waals surface area contributed by atoms with Crippen molar-refractivity contribution in [1.82, 2.24) is 4.72 Å². The van der Waals surface area contributed by atoms with E-state index in [1.54, 1.807) is 12.1 Å². The molecule has 3 rings (SSSR count). The maximum absolute atomic E-state index is 12.2. The molecule has 0 aliphatic heterocycles. The van der Waals surface area contributed by atoms with Crippen molar-refractivity contribution < 1.29 is 8.42 Å². The van der Waals surface area contributed by atoms with Gasteiger partial charge in [-0.25, -0.2) is 13.1 Å². The minimum atomic E-state index is -3.35. The number of allylic oxidation sites excluding steroid dienone is 1. The van der Waals surface area contributed by atoms with Crippen LogP contribution in [0.5, 0.6) is 0 Å². The highest BCUT2D eigenvalue weighted by molar-refractivity contribution is 7.89. The largest absolute Gasteiger partial charge is 0.241 e. The van der Waals surface area contributed by atoms with Crippen molar-refractivity contribution in [2.24, 2.45) is 0 Å². The van der Waals surface area contributed by atoms with E-state index in [2.05, 4.69) is 10.8 Å². The van der Waals surface area contributed by atoms with Gasteiger partial charge in [0, 0.05) is 5.54 Å². The molecular weight excluding hydrogens is 234 g/mol. The van der Waals surface area contributed by atoms with Crippen LogP contribution in [-0.2, 0) is 16.4 Å². The maximum atomic E-state index is 12.2. The quantitative estimate of drug-likeness (QED) is 0.891. The zero-order chi connectivity index (χ0) is 12.1. The Hall–Kier alpha value is -1.13. The second kappa shape index (κ2) is 3.43. The molecule has 1 fully saturated rings. The van der Waals surface area contributed by atoms with Gasteiger partial charge >= 0.3 is 0 Å². The minimum absolute atomic E-state index is 0.212. The first-order valence-electron chi connectivity index (χ1n) is 5.82. The molecule has 0 spiro atoms. The third-order valence-corrected chi connectivity index (χ3v) is 5.08. The Labute approximate surface area is 102 Å². The zero-order valence-corrected chi connectivity index (χ0v) is 10.5. The molecule has 90 valence electrons. The Kier molecular flexibility index (Phi) is 2.22. The molecule has 0 amide bonds. The van der Waals surface area contributed by atoms with Crippen LogP contribution in [0.3, 0.4) is 0 Å². The van der Waals surface area contributed by atoms with E-state index < -0.39 is 10.0 Å². The van der Waals surface area contributed by atoms with E-state index >= 15 is 0 Å². The number of fused-ring (bicyclic) bond motifs is 1. The number of nitrogens with one attached hydrogen (secondary N) is 1. The van der Waals surface area contributed by atoms with Gasteiger partial charge in [0.15, 0.2) is 0 Å². The van der Waals surface area contributed by atoms with Gasteiger partial charge in [0.05, 0.1) is 4.90 Å². The van der Waals surface area contributed by atoms with E-state index in [4.69, 9.17) is 0 Å². The molecule has 0 atom stereocenters. The molecule has 0 heterocycles. The second-order valence-corrected chi connectivity index (χ2v) is 6.82. The number of sulfonamides is 1. The fourth-order valence-electron chi connectivity index (χ4n) is 2.07. The molecule has 1 aromatic rings. The Balaban J connectivity index is 1.94. The fraction of sp³-hybridized carbons (Fsp3) is 0.385. The monoisotopic (exact) mass is 249 g/mol. The zero-order valence-electron chi connectivity index (χ0n) is 9.73. The molecule has 1 aromatic carbocycles. The number of rotatable bonds is 3. The van der Waals surface area contributed by atoms with Crippen LogP contribution in [0.25, 0.3) is 6.08 Å². The van der Waals surface area contributed by atoms with Gasteiger partial charge in [-0.05, 0) is 49.4 Å². The van der Waals surface area contributed by atoms with Gasteiger partial charge in [-0.15, -0.1) is 0 Å². The average molecular weight is 249 g/mol. The predicted octanol–water partition coefficient (Wildman–Crippen LogP) is 2.09. The van der Waals surface area contributed by atoms with Crippen LogP contribution >= 0.6 is 0 Å². The van der Waals surface area contributed by atoms with Gasteiger partial charge in [0.1, 0.15) is 0 Å². The lowest BCUT2D eigenvalue weighted by Crippen LogP contribution is -2.34. The van der Waals surface area contributed by atoms with Crippen LogP contribution in [0.15, 0.2) is 29.2 Å². The summed E-state index contributed by atoms with van der Waals surface area (Å²) in [5.74, 6) is 0. The Morgan fingerprint density at radius 3 is 2.76 bits per heavy atom. The Morgan fingerprint density at radius 2 is 2.06 bits per heavy atom. The summed E-state index contributed by atoms with van der Waals surface area (Å²) in [6, 6.07) is 5.34. The van der Waals surface area contributed by atoms with Gasteiger partial charge in [0.2, 0.25) is 10.0 Å². The van der Waals surface area contributed by atoms with Crippen molar-refractivity contribution in [3.8, 4) is 0 Å². The highest BCUT2D eigenvalue weighted by atomic mass is 32.2. The van der Waals surface area contributed by atoms with E-state index in [1.165, 1.54) is 0 Å². The molecule has 0 bridgehead atoms. The molecule has 0 radical (unpaired) electrons. The molecule has 1 N–H and O–H groups in total. The van der Waals surface area contributed by atoms with E-state index in [-0.39, 0.29) is 5.54 Å². The topological polar surface area (TPSA) is 46.2 Å². The molecule has 0 aromatic heterocycles. The van der Waals surface area contributed by atoms with Crippen LogP contribution < -0.4 is 4.72 Å². The highest BCUT2D eigenvalue weighted by Gasteiger charge is 2.41. The van der Waals surface area contributed by atoms with Crippen molar-refractivity contribution in [1.29, 1.82) is 0 Å². The molecule has 0 saturated heterocycles. The summed E-state index contributed by atoms with van der Waals surface area (Å²) in [6.07, 6.45) is 6.77. The summed E-state index contributed by atoms with van der Waals surface area (Å²) >= 11 is 0. The van der Waals surface area contributed by atoms with Crippen molar-refractivity contribution >= 4 is 16.1 Å². The molecule has 1 saturated carbocycles. The van der Waals surface area contributed by atoms with Gasteiger partial charge in [0.25, 0.3) is 0 Å². The summed E-state index contributed by atoms with van der Waals surface area (Å²) in [6.45, 7) is 1.94. The highest BCUT2D eigenvalue weighted by Crippen LogP contribution is 2.36. The maximum Gasteiger partial charge on any atom is 0.241 e. The third-order valence-electron chi connectivity index (χ3n) is 3.44. The SMILES string of the molecule is CC1(NS(=O)(=O)c2ccc3c(c2)CC=C3)CC1. The first kappa shape index (κ1) is 11.0. The van der Waals surface area contributed by atoms with Crippen LogP contribution in [0.2, 0.25) is 0 Å². The summed E-state index contributed by atoms with van der Waals surface area (Å²) in [7, 11) is -3.35. The summed E-state index contributed by atoms with van der Waals surface area (Å²) in [5, 5.41) is 0. The molecule has 2 aliphatic rings. The normalized spacial score (nSPS) is 20.3. The van der Waals surface area contributed by atoms with Gasteiger partial charge in [-0.3, -0.25) is 0 Å². The standard InChI is InChI=1S/C13H15NO2S/c1-13(7-8-13)14-17(15,16)12-6-5-10-3-2-4-11(10)9-12/h2-3,5-6,9,14H,4,7-8H2,1H3. The first-order chi connectivity index (χ1) is 7.99. The first-order valence-corrected chi connectivity index (χ1v) is 7.30. The van der Waals surface area contributed by atoms with Crippen molar-refractivity contribution in [2.75, 3.05) is 0 Å². The third kappa shape index (κ3) is 2.03. The number of benzene rings is 1. The van der Waals surface area contributed by atoms with E-state index in [1.807, 2.05) is 19.1 Å². The molecular formula is C13H15NO2S. The number of hydrogen-bond acceptors (Lipinski definition) is 2. The smallest absolute Gasteiger partial charge is 0.207 e. The van der Waals surface area contributed by atoms with Crippen LogP contribution in [0.1, 0.15) is 30.9 Å². The summed E-state index contributed by atoms with van der Waals surface area (Å²) < 4.78 is 27.1. The van der Waals surface area contributed by atoms with Crippen molar-refractivity contribution in [3.63, 3.8) is 0 Å². The molecule has 3 nitrogen and oxygen atoms in total. The van der Waals surface area contributed by atoms with Crippen molar-refractivity contribution in [2.45, 2.75) is 36.6 Å². The fourth-order valence-corrected chi connectivity index (χ4v) is 3.59. The van der Waals surface area contributed by atoms with E-state index in [9.17, 15) is 8.42 Å². The second-order valence-electron chi connectivity index (χ2n) is 5.13. The molecule has 2 aliphatic carbocycles. The predicted molar refractivity (Wildman–Crippen MR) is 67.1 cm³/mol. The van der Waals surface area contributed by atoms with Gasteiger partial charge in [-0.1, -0.05) is 18.2 Å². The molecule has 0 unspecified atom stereocenters. The molecule has 4 heteroatoms. The van der Waals surface area contributed by atoms with E-state index in [0.717, 1.165) is 30.4 Å². The molecule has 17 heavy (non-hydrogen) atoms. The van der Waals surface area contributed by atoms with Crippen LogP contribution in [0.4, 0.5) is 0 Å². The minimum Gasteiger partial charge on any atom is -0.207 e. The average Bonchev–Trinajstić information content (AvgIpc) is 2.81. The lowest BCUT2D eigenvalue weighted by molar-refractivity contribution is 0.558. The van der Waals surface area contributed by atoms with Crippen molar-refractivity contribution in [3.05, 3.63) is 35.4 Å². The van der Waals surface area contributed by atoms with Gasteiger partial charge in [-0.2, -0.15) is 0 Å². The lowest BCUT2D eigenvalue weighted by atomic mass is 10.1. The van der Waals surface area contributed by atoms with Crippen LogP contribution in [-0.4, -0.2) is 14.0 Å². The Morgan fingerprint density at radius 1 is 1.29 bits per heavy atom. The van der Waals surface area contributed by atoms with Crippen LogP contribution in [0, 0.1) is 0 Å². The summed E-state index contributed by atoms with van der Waals surface area (Å²) in [4.78, 5) is 0.382.